The van der Waals surface area contributed by atoms with Crippen molar-refractivity contribution in [1.82, 2.24) is 19.5 Å². The number of fused-ring (bicyclic) bond motifs is 6. The Bertz CT molecular complexity index is 3550. The van der Waals surface area contributed by atoms with Crippen LogP contribution in [0.5, 0.6) is 0 Å². The molecule has 12 rings (SSSR count). The van der Waals surface area contributed by atoms with Gasteiger partial charge in [-0.15, -0.1) is 0 Å². The van der Waals surface area contributed by atoms with E-state index >= 15 is 0 Å². The van der Waals surface area contributed by atoms with Crippen LogP contribution in [0.25, 0.3) is 94.7 Å². The van der Waals surface area contributed by atoms with Gasteiger partial charge in [-0.3, -0.25) is 0 Å². The molecule has 12 aromatic rings. The van der Waals surface area contributed by atoms with Crippen molar-refractivity contribution in [3.05, 3.63) is 224 Å². The van der Waals surface area contributed by atoms with E-state index in [1.807, 2.05) is 48.5 Å². The molecule has 0 N–H and O–H groups in total. The first-order chi connectivity index (χ1) is 31.2. The van der Waals surface area contributed by atoms with Crippen LogP contribution >= 0.6 is 0 Å². The summed E-state index contributed by atoms with van der Waals surface area (Å²) in [7, 11) is 0. The minimum Gasteiger partial charge on any atom is -0.456 e. The maximum atomic E-state index is 6.69. The van der Waals surface area contributed by atoms with Gasteiger partial charge in [0.25, 0.3) is 0 Å². The van der Waals surface area contributed by atoms with Gasteiger partial charge in [0.1, 0.15) is 11.2 Å². The highest BCUT2D eigenvalue weighted by molar-refractivity contribution is 6.09. The second-order valence-corrected chi connectivity index (χ2v) is 15.7. The van der Waals surface area contributed by atoms with E-state index in [1.165, 1.54) is 32.9 Å². The van der Waals surface area contributed by atoms with Gasteiger partial charge in [-0.1, -0.05) is 133 Å². The summed E-state index contributed by atoms with van der Waals surface area (Å²) in [5.41, 5.74) is 13.1. The van der Waals surface area contributed by atoms with Gasteiger partial charge in [-0.25, -0.2) is 15.0 Å². The van der Waals surface area contributed by atoms with Crippen LogP contribution in [-0.4, -0.2) is 19.5 Å². The zero-order chi connectivity index (χ0) is 41.7. The smallest absolute Gasteiger partial charge is 0.164 e. The number of aromatic nitrogens is 4. The first kappa shape index (κ1) is 36.3. The van der Waals surface area contributed by atoms with E-state index in [-0.39, 0.29) is 0 Å². The number of benzene rings is 9. The number of rotatable bonds is 8. The first-order valence-corrected chi connectivity index (χ1v) is 21.1. The van der Waals surface area contributed by atoms with E-state index in [4.69, 9.17) is 19.4 Å². The largest absolute Gasteiger partial charge is 0.456 e. The molecular weight excluding hydrogens is 771 g/mol. The molecule has 6 heteroatoms. The number of hydrogen-bond acceptors (Lipinski definition) is 5. The van der Waals surface area contributed by atoms with Gasteiger partial charge in [0.15, 0.2) is 17.5 Å². The molecular formula is C57H37N5O. The van der Waals surface area contributed by atoms with Crippen LogP contribution in [0.1, 0.15) is 0 Å². The van der Waals surface area contributed by atoms with Crippen molar-refractivity contribution in [2.75, 3.05) is 4.90 Å². The van der Waals surface area contributed by atoms with Crippen molar-refractivity contribution < 1.29 is 4.42 Å². The van der Waals surface area contributed by atoms with E-state index < -0.39 is 0 Å². The van der Waals surface area contributed by atoms with Crippen LogP contribution in [0.2, 0.25) is 0 Å². The minimum absolute atomic E-state index is 0.572. The lowest BCUT2D eigenvalue weighted by Crippen LogP contribution is -2.09. The molecule has 0 atom stereocenters. The highest BCUT2D eigenvalue weighted by Crippen LogP contribution is 2.40. The van der Waals surface area contributed by atoms with E-state index in [2.05, 4.69) is 185 Å². The molecule has 9 aromatic carbocycles. The summed E-state index contributed by atoms with van der Waals surface area (Å²) in [6.07, 6.45) is 0. The molecule has 0 aliphatic carbocycles. The SMILES string of the molecule is c1ccc(-c2ccc(N(c3ccccc3)c3ccc4c(c3)oc3cc(-c5nc(-c6ccccc6)nc(-c6ccc(-n7c8ccccc8c8ccccc87)cc6)n5)ccc34)cc2)cc1. The summed E-state index contributed by atoms with van der Waals surface area (Å²) >= 11 is 0. The molecule has 0 spiro atoms. The average molecular weight is 808 g/mol. The fourth-order valence-corrected chi connectivity index (χ4v) is 8.81. The Balaban J connectivity index is 0.925. The van der Waals surface area contributed by atoms with Crippen LogP contribution in [0, 0.1) is 0 Å². The molecule has 0 aliphatic heterocycles. The predicted molar refractivity (Wildman–Crippen MR) is 258 cm³/mol. The lowest BCUT2D eigenvalue weighted by Gasteiger charge is -2.25. The topological polar surface area (TPSA) is 60.0 Å². The van der Waals surface area contributed by atoms with Crippen molar-refractivity contribution in [2.24, 2.45) is 0 Å². The quantitative estimate of drug-likeness (QED) is 0.153. The molecule has 296 valence electrons. The highest BCUT2D eigenvalue weighted by Gasteiger charge is 2.19. The fourth-order valence-electron chi connectivity index (χ4n) is 8.81. The first-order valence-electron chi connectivity index (χ1n) is 21.1. The molecule has 0 saturated heterocycles. The molecule has 3 heterocycles. The highest BCUT2D eigenvalue weighted by atomic mass is 16.3. The molecule has 0 amide bonds. The molecule has 63 heavy (non-hydrogen) atoms. The summed E-state index contributed by atoms with van der Waals surface area (Å²) in [5, 5.41) is 4.52. The summed E-state index contributed by atoms with van der Waals surface area (Å²) in [4.78, 5) is 17.4. The molecule has 0 radical (unpaired) electrons. The zero-order valence-corrected chi connectivity index (χ0v) is 34.0. The van der Waals surface area contributed by atoms with Crippen LogP contribution in [0.15, 0.2) is 229 Å². The van der Waals surface area contributed by atoms with Gasteiger partial charge < -0.3 is 13.9 Å². The van der Waals surface area contributed by atoms with E-state index in [0.717, 1.165) is 61.4 Å². The molecule has 0 aliphatic rings. The van der Waals surface area contributed by atoms with Crippen molar-refractivity contribution >= 4 is 60.8 Å². The summed E-state index contributed by atoms with van der Waals surface area (Å²) in [6, 6.07) is 78.0. The number of para-hydroxylation sites is 3. The third-order valence-electron chi connectivity index (χ3n) is 11.9. The Kier molecular flexibility index (Phi) is 8.71. The number of anilines is 3. The van der Waals surface area contributed by atoms with Crippen molar-refractivity contribution in [2.45, 2.75) is 0 Å². The third-order valence-corrected chi connectivity index (χ3v) is 11.9. The van der Waals surface area contributed by atoms with E-state index in [9.17, 15) is 0 Å². The lowest BCUT2D eigenvalue weighted by molar-refractivity contribution is 0.669. The summed E-state index contributed by atoms with van der Waals surface area (Å²) < 4.78 is 9.01. The molecule has 6 nitrogen and oxygen atoms in total. The van der Waals surface area contributed by atoms with E-state index in [1.54, 1.807) is 0 Å². The second kappa shape index (κ2) is 15.1. The summed E-state index contributed by atoms with van der Waals surface area (Å²) in [5.74, 6) is 1.77. The van der Waals surface area contributed by atoms with Crippen molar-refractivity contribution in [3.63, 3.8) is 0 Å². The molecule has 0 bridgehead atoms. The lowest BCUT2D eigenvalue weighted by atomic mass is 10.0. The van der Waals surface area contributed by atoms with Crippen molar-refractivity contribution in [3.8, 4) is 51.0 Å². The normalized spacial score (nSPS) is 11.5. The maximum Gasteiger partial charge on any atom is 0.164 e. The Labute approximate surface area is 363 Å². The van der Waals surface area contributed by atoms with Gasteiger partial charge in [-0.05, 0) is 96.1 Å². The molecule has 0 fully saturated rings. The molecule has 0 saturated carbocycles. The number of hydrogen-bond donors (Lipinski definition) is 0. The van der Waals surface area contributed by atoms with Gasteiger partial charge in [-0.2, -0.15) is 0 Å². The van der Waals surface area contributed by atoms with Crippen molar-refractivity contribution in [1.29, 1.82) is 0 Å². The van der Waals surface area contributed by atoms with Crippen LogP contribution in [0.3, 0.4) is 0 Å². The summed E-state index contributed by atoms with van der Waals surface area (Å²) in [6.45, 7) is 0. The Hall–Kier alpha value is -8.61. The third kappa shape index (κ3) is 6.49. The Morgan fingerprint density at radius 1 is 0.317 bits per heavy atom. The zero-order valence-electron chi connectivity index (χ0n) is 34.0. The van der Waals surface area contributed by atoms with Crippen LogP contribution < -0.4 is 4.90 Å². The minimum atomic E-state index is 0.572. The fraction of sp³-hybridized carbons (Fsp3) is 0. The Morgan fingerprint density at radius 2 is 0.746 bits per heavy atom. The standard InChI is InChI=1S/C57H37N5O/c1-4-14-38(15-5-1)39-24-29-44(30-25-39)61(43-18-8-3-9-19-43)46-33-35-50-49-34-28-42(36-53(49)63-54(50)37-46)57-59-55(40-16-6-2-7-17-40)58-56(60-57)41-26-31-45(32-27-41)62-51-22-12-10-20-47(51)48-21-11-13-23-52(48)62/h1-37H. The van der Waals surface area contributed by atoms with Crippen LogP contribution in [-0.2, 0) is 0 Å². The average Bonchev–Trinajstić information content (AvgIpc) is 3.90. The molecule has 3 aromatic heterocycles. The van der Waals surface area contributed by atoms with Gasteiger partial charge in [0, 0.05) is 67.1 Å². The van der Waals surface area contributed by atoms with Gasteiger partial charge >= 0.3 is 0 Å². The number of furan rings is 1. The van der Waals surface area contributed by atoms with Crippen LogP contribution in [0.4, 0.5) is 17.1 Å². The monoisotopic (exact) mass is 807 g/mol. The predicted octanol–water partition coefficient (Wildman–Crippen LogP) is 15.0. The van der Waals surface area contributed by atoms with E-state index in [0.29, 0.717) is 17.5 Å². The Morgan fingerprint density at radius 3 is 1.38 bits per heavy atom. The molecule has 0 unspecified atom stereocenters. The van der Waals surface area contributed by atoms with Gasteiger partial charge in [0.2, 0.25) is 0 Å². The van der Waals surface area contributed by atoms with Gasteiger partial charge in [0.05, 0.1) is 11.0 Å². The maximum absolute atomic E-state index is 6.69. The number of nitrogens with zero attached hydrogens (tertiary/aromatic N) is 5. The second-order valence-electron chi connectivity index (χ2n) is 15.7.